The number of carbonyl (C=O) groups is 2. The molecule has 0 saturated heterocycles. The molecule has 5 heteroatoms. The molecule has 0 aliphatic carbocycles. The molecule has 0 radical (unpaired) electrons. The van der Waals surface area contributed by atoms with Gasteiger partial charge in [-0.3, -0.25) is 9.59 Å². The van der Waals surface area contributed by atoms with E-state index in [9.17, 15) is 9.59 Å². The van der Waals surface area contributed by atoms with Crippen LogP contribution in [0.15, 0.2) is 24.3 Å². The van der Waals surface area contributed by atoms with E-state index in [1.54, 1.807) is 21.0 Å². The van der Waals surface area contributed by atoms with Crippen LogP contribution in [-0.4, -0.2) is 32.3 Å². The summed E-state index contributed by atoms with van der Waals surface area (Å²) in [5.41, 5.74) is 0.914. The molecule has 0 bridgehead atoms. The van der Waals surface area contributed by atoms with Crippen molar-refractivity contribution in [2.45, 2.75) is 26.7 Å². The number of rotatable bonds is 8. The molecule has 0 saturated carbocycles. The number of ether oxygens (including phenoxy) is 3. The zero-order valence-corrected chi connectivity index (χ0v) is 12.8. The molecule has 1 rings (SSSR count). The van der Waals surface area contributed by atoms with Gasteiger partial charge in [0.15, 0.2) is 0 Å². The first kappa shape index (κ1) is 17.0. The molecule has 0 spiro atoms. The van der Waals surface area contributed by atoms with E-state index in [0.29, 0.717) is 18.8 Å². The number of hydrogen-bond donors (Lipinski definition) is 0. The molecule has 0 amide bonds. The molecule has 0 unspecified atom stereocenters. The summed E-state index contributed by atoms with van der Waals surface area (Å²) in [6, 6.07) is 7.41. The molecule has 0 aliphatic heterocycles. The highest BCUT2D eigenvalue weighted by Crippen LogP contribution is 2.19. The van der Waals surface area contributed by atoms with Crippen LogP contribution in [-0.2, 0) is 25.5 Å². The molecule has 116 valence electrons. The van der Waals surface area contributed by atoms with Crippen LogP contribution in [0.5, 0.6) is 5.75 Å². The Hall–Kier alpha value is -2.04. The van der Waals surface area contributed by atoms with Gasteiger partial charge < -0.3 is 14.2 Å². The average Bonchev–Trinajstić information content (AvgIpc) is 2.47. The van der Waals surface area contributed by atoms with Crippen molar-refractivity contribution in [3.63, 3.8) is 0 Å². The van der Waals surface area contributed by atoms with Crippen molar-refractivity contribution in [1.29, 1.82) is 0 Å². The third kappa shape index (κ3) is 5.85. The number of benzene rings is 1. The highest BCUT2D eigenvalue weighted by Gasteiger charge is 2.24. The third-order valence-corrected chi connectivity index (χ3v) is 2.95. The number of esters is 2. The van der Waals surface area contributed by atoms with Crippen molar-refractivity contribution in [2.24, 2.45) is 5.92 Å². The monoisotopic (exact) mass is 294 g/mol. The molecule has 0 aromatic heterocycles. The Morgan fingerprint density at radius 1 is 1.14 bits per heavy atom. The zero-order chi connectivity index (χ0) is 15.7. The topological polar surface area (TPSA) is 61.8 Å². The average molecular weight is 294 g/mol. The molecule has 21 heavy (non-hydrogen) atoms. The lowest BCUT2D eigenvalue weighted by molar-refractivity contribution is -0.154. The maximum Gasteiger partial charge on any atom is 0.309 e. The van der Waals surface area contributed by atoms with Crippen molar-refractivity contribution in [2.75, 3.05) is 20.3 Å². The lowest BCUT2D eigenvalue weighted by Crippen LogP contribution is -2.24. The highest BCUT2D eigenvalue weighted by atomic mass is 16.5. The second kappa shape index (κ2) is 9.00. The second-order valence-electron chi connectivity index (χ2n) is 4.51. The van der Waals surface area contributed by atoms with Gasteiger partial charge in [-0.2, -0.15) is 0 Å². The normalized spacial score (nSPS) is 11.6. The highest BCUT2D eigenvalue weighted by molar-refractivity contribution is 5.80. The summed E-state index contributed by atoms with van der Waals surface area (Å²) >= 11 is 0. The van der Waals surface area contributed by atoms with Crippen LogP contribution in [0.1, 0.15) is 25.8 Å². The van der Waals surface area contributed by atoms with E-state index in [1.807, 2.05) is 24.3 Å². The minimum atomic E-state index is -0.545. The van der Waals surface area contributed by atoms with Gasteiger partial charge in [0.25, 0.3) is 0 Å². The minimum absolute atomic E-state index is 0.0177. The Morgan fingerprint density at radius 2 is 1.86 bits per heavy atom. The Kier molecular flexibility index (Phi) is 7.29. The Morgan fingerprint density at radius 3 is 2.48 bits per heavy atom. The molecule has 0 aliphatic rings. The van der Waals surface area contributed by atoms with Crippen LogP contribution in [0.2, 0.25) is 0 Å². The van der Waals surface area contributed by atoms with Gasteiger partial charge in [-0.05, 0) is 38.0 Å². The van der Waals surface area contributed by atoms with Gasteiger partial charge in [0.05, 0.1) is 32.7 Å². The summed E-state index contributed by atoms with van der Waals surface area (Å²) in [7, 11) is 1.58. The van der Waals surface area contributed by atoms with Gasteiger partial charge in [-0.15, -0.1) is 0 Å². The summed E-state index contributed by atoms with van der Waals surface area (Å²) in [6.07, 6.45) is 0.429. The van der Waals surface area contributed by atoms with Gasteiger partial charge in [0.2, 0.25) is 0 Å². The van der Waals surface area contributed by atoms with E-state index in [-0.39, 0.29) is 19.0 Å². The number of methoxy groups -OCH3 is 1. The minimum Gasteiger partial charge on any atom is -0.497 e. The lowest BCUT2D eigenvalue weighted by atomic mass is 9.96. The van der Waals surface area contributed by atoms with E-state index in [4.69, 9.17) is 14.2 Å². The van der Waals surface area contributed by atoms with Crippen LogP contribution in [0.4, 0.5) is 0 Å². The fourth-order valence-corrected chi connectivity index (χ4v) is 2.00. The van der Waals surface area contributed by atoms with Crippen molar-refractivity contribution >= 4 is 11.9 Å². The Balaban J connectivity index is 2.79. The fourth-order valence-electron chi connectivity index (χ4n) is 2.00. The van der Waals surface area contributed by atoms with Gasteiger partial charge in [-0.1, -0.05) is 12.1 Å². The Labute approximate surface area is 125 Å². The first-order valence-electron chi connectivity index (χ1n) is 7.05. The summed E-state index contributed by atoms with van der Waals surface area (Å²) in [4.78, 5) is 23.6. The summed E-state index contributed by atoms with van der Waals surface area (Å²) in [6.45, 7) is 4.06. The maximum atomic E-state index is 12.0. The van der Waals surface area contributed by atoms with Crippen LogP contribution in [0, 0.1) is 5.92 Å². The molecular formula is C16H22O5. The SMILES string of the molecule is CCOC(=O)C[C@H](Cc1cccc(OC)c1)C(=O)OCC. The van der Waals surface area contributed by atoms with Crippen molar-refractivity contribution in [3.05, 3.63) is 29.8 Å². The van der Waals surface area contributed by atoms with Crippen LogP contribution in [0.25, 0.3) is 0 Å². The van der Waals surface area contributed by atoms with Gasteiger partial charge in [0, 0.05) is 0 Å². The molecule has 1 aromatic rings. The first-order valence-corrected chi connectivity index (χ1v) is 7.05. The van der Waals surface area contributed by atoms with Crippen LogP contribution in [0.3, 0.4) is 0 Å². The fraction of sp³-hybridized carbons (Fsp3) is 0.500. The van der Waals surface area contributed by atoms with Crippen LogP contribution < -0.4 is 4.74 Å². The molecule has 0 N–H and O–H groups in total. The third-order valence-electron chi connectivity index (χ3n) is 2.95. The first-order chi connectivity index (χ1) is 10.1. The smallest absolute Gasteiger partial charge is 0.309 e. The quantitative estimate of drug-likeness (QED) is 0.689. The van der Waals surface area contributed by atoms with Gasteiger partial charge in [0.1, 0.15) is 5.75 Å². The van der Waals surface area contributed by atoms with Gasteiger partial charge in [-0.25, -0.2) is 0 Å². The van der Waals surface area contributed by atoms with E-state index < -0.39 is 11.9 Å². The maximum absolute atomic E-state index is 12.0. The molecule has 5 nitrogen and oxygen atoms in total. The van der Waals surface area contributed by atoms with Crippen molar-refractivity contribution in [3.8, 4) is 5.75 Å². The predicted octanol–water partition coefficient (Wildman–Crippen LogP) is 2.37. The summed E-state index contributed by atoms with van der Waals surface area (Å²) < 4.78 is 15.1. The molecule has 0 fully saturated rings. The lowest BCUT2D eigenvalue weighted by Gasteiger charge is -2.15. The van der Waals surface area contributed by atoms with Crippen molar-refractivity contribution in [1.82, 2.24) is 0 Å². The van der Waals surface area contributed by atoms with E-state index in [2.05, 4.69) is 0 Å². The summed E-state index contributed by atoms with van der Waals surface area (Å²) in [5.74, 6) is -0.603. The molecule has 0 heterocycles. The second-order valence-corrected chi connectivity index (χ2v) is 4.51. The molecule has 1 aromatic carbocycles. The standard InChI is InChI=1S/C16H22O5/c1-4-20-15(17)11-13(16(18)21-5-2)9-12-7-6-8-14(10-12)19-3/h6-8,10,13H,4-5,9,11H2,1-3H3/t13-/m0/s1. The van der Waals surface area contributed by atoms with Gasteiger partial charge >= 0.3 is 11.9 Å². The summed E-state index contributed by atoms with van der Waals surface area (Å²) in [5, 5.41) is 0. The van der Waals surface area contributed by atoms with E-state index in [0.717, 1.165) is 5.56 Å². The van der Waals surface area contributed by atoms with Crippen molar-refractivity contribution < 1.29 is 23.8 Å². The number of hydrogen-bond acceptors (Lipinski definition) is 5. The Bertz CT molecular complexity index is 469. The van der Waals surface area contributed by atoms with E-state index >= 15 is 0 Å². The molecule has 1 atom stereocenters. The largest absolute Gasteiger partial charge is 0.497 e. The number of carbonyl (C=O) groups excluding carboxylic acids is 2. The predicted molar refractivity (Wildman–Crippen MR) is 78.1 cm³/mol. The van der Waals surface area contributed by atoms with Crippen LogP contribution >= 0.6 is 0 Å². The van der Waals surface area contributed by atoms with E-state index in [1.165, 1.54) is 0 Å². The zero-order valence-electron chi connectivity index (χ0n) is 12.8. The molecular weight excluding hydrogens is 272 g/mol.